The summed E-state index contributed by atoms with van der Waals surface area (Å²) in [7, 11) is 0. The minimum atomic E-state index is 0.477. The minimum absolute atomic E-state index is 0.477. The number of benzene rings is 1. The third-order valence-corrected chi connectivity index (χ3v) is 6.60. The van der Waals surface area contributed by atoms with Crippen molar-refractivity contribution in [2.45, 2.75) is 36.4 Å². The van der Waals surface area contributed by atoms with Gasteiger partial charge in [-0.25, -0.2) is 0 Å². The molecule has 3 aromatic heterocycles. The van der Waals surface area contributed by atoms with E-state index in [1.54, 1.807) is 29.3 Å². The Morgan fingerprint density at radius 2 is 1.93 bits per heavy atom. The van der Waals surface area contributed by atoms with Gasteiger partial charge in [0.2, 0.25) is 0 Å². The van der Waals surface area contributed by atoms with Crippen LogP contribution in [0.15, 0.2) is 71.3 Å². The van der Waals surface area contributed by atoms with Gasteiger partial charge in [-0.2, -0.15) is 0 Å². The van der Waals surface area contributed by atoms with Gasteiger partial charge in [-0.05, 0) is 54.1 Å². The van der Waals surface area contributed by atoms with Crippen LogP contribution < -0.4 is 4.74 Å². The van der Waals surface area contributed by atoms with Crippen LogP contribution in [0.2, 0.25) is 0 Å². The van der Waals surface area contributed by atoms with E-state index in [1.807, 2.05) is 30.3 Å². The molecule has 0 spiro atoms. The van der Waals surface area contributed by atoms with Crippen LogP contribution in [-0.4, -0.2) is 19.7 Å². The molecule has 0 radical (unpaired) electrons. The average molecular weight is 421 g/mol. The maximum Gasteiger partial charge on any atom is 0.192 e. The van der Waals surface area contributed by atoms with Gasteiger partial charge in [-0.3, -0.25) is 9.55 Å². The molecule has 1 aromatic carbocycles. The van der Waals surface area contributed by atoms with Gasteiger partial charge in [-0.15, -0.1) is 21.5 Å². The summed E-state index contributed by atoms with van der Waals surface area (Å²) in [5, 5.41) is 12.1. The van der Waals surface area contributed by atoms with E-state index in [0.29, 0.717) is 12.6 Å². The standard InChI is InChI=1S/C22H20N4OS2/c1-2-12-23-17(4-1)14-27-19-10-6-16(7-11-19)15-29-22-25-24-21(20-5-3-13-28-20)26(22)18-8-9-18/h1-7,10-13,18H,8-9,14-15H2. The molecule has 1 saturated carbocycles. The van der Waals surface area contributed by atoms with Gasteiger partial charge >= 0.3 is 0 Å². The van der Waals surface area contributed by atoms with Crippen molar-refractivity contribution < 1.29 is 4.74 Å². The Bertz CT molecular complexity index is 1060. The summed E-state index contributed by atoms with van der Waals surface area (Å²) in [6.07, 6.45) is 4.21. The number of rotatable bonds is 8. The second kappa shape index (κ2) is 8.39. The lowest BCUT2D eigenvalue weighted by atomic mass is 10.2. The lowest BCUT2D eigenvalue weighted by molar-refractivity contribution is 0.301. The minimum Gasteiger partial charge on any atom is -0.487 e. The molecule has 29 heavy (non-hydrogen) atoms. The van der Waals surface area contributed by atoms with Crippen LogP contribution >= 0.6 is 23.1 Å². The van der Waals surface area contributed by atoms with Gasteiger partial charge in [-0.1, -0.05) is 36.0 Å². The first-order valence-electron chi connectivity index (χ1n) is 9.60. The number of thioether (sulfide) groups is 1. The van der Waals surface area contributed by atoms with Crippen LogP contribution in [0.3, 0.4) is 0 Å². The zero-order chi connectivity index (χ0) is 19.5. The second-order valence-corrected chi connectivity index (χ2v) is 8.82. The Balaban J connectivity index is 1.23. The van der Waals surface area contributed by atoms with E-state index >= 15 is 0 Å². The van der Waals surface area contributed by atoms with Crippen molar-refractivity contribution in [1.29, 1.82) is 0 Å². The third-order valence-electron chi connectivity index (χ3n) is 4.72. The van der Waals surface area contributed by atoms with Crippen LogP contribution in [0.5, 0.6) is 5.75 Å². The van der Waals surface area contributed by atoms with E-state index in [0.717, 1.165) is 28.2 Å². The Morgan fingerprint density at radius 3 is 2.66 bits per heavy atom. The molecule has 5 rings (SSSR count). The highest BCUT2D eigenvalue weighted by molar-refractivity contribution is 7.98. The highest BCUT2D eigenvalue weighted by Crippen LogP contribution is 2.42. The van der Waals surface area contributed by atoms with E-state index in [-0.39, 0.29) is 0 Å². The van der Waals surface area contributed by atoms with E-state index in [1.165, 1.54) is 23.3 Å². The molecule has 3 heterocycles. The number of aromatic nitrogens is 4. The van der Waals surface area contributed by atoms with Crippen molar-refractivity contribution in [3.05, 3.63) is 77.4 Å². The molecule has 5 nitrogen and oxygen atoms in total. The molecule has 1 aliphatic carbocycles. The molecule has 0 unspecified atom stereocenters. The molecule has 1 aliphatic rings. The number of pyridine rings is 1. The zero-order valence-electron chi connectivity index (χ0n) is 15.8. The summed E-state index contributed by atoms with van der Waals surface area (Å²) in [6.45, 7) is 0.477. The fourth-order valence-electron chi connectivity index (χ4n) is 3.08. The number of ether oxygens (including phenoxy) is 1. The lowest BCUT2D eigenvalue weighted by Crippen LogP contribution is -1.99. The van der Waals surface area contributed by atoms with Crippen molar-refractivity contribution in [2.24, 2.45) is 0 Å². The van der Waals surface area contributed by atoms with Crippen molar-refractivity contribution >= 4 is 23.1 Å². The Kier molecular flexibility index (Phi) is 5.32. The molecule has 0 bridgehead atoms. The summed E-state index contributed by atoms with van der Waals surface area (Å²) in [5.41, 5.74) is 2.16. The van der Waals surface area contributed by atoms with E-state index in [9.17, 15) is 0 Å². The van der Waals surface area contributed by atoms with Gasteiger partial charge in [0, 0.05) is 18.0 Å². The van der Waals surface area contributed by atoms with Crippen molar-refractivity contribution in [2.75, 3.05) is 0 Å². The van der Waals surface area contributed by atoms with Crippen LogP contribution in [0, 0.1) is 0 Å². The molecular formula is C22H20N4OS2. The molecule has 0 atom stereocenters. The molecule has 4 aromatic rings. The summed E-state index contributed by atoms with van der Waals surface area (Å²) >= 11 is 3.46. The number of hydrogen-bond donors (Lipinski definition) is 0. The second-order valence-electron chi connectivity index (χ2n) is 6.93. The van der Waals surface area contributed by atoms with Gasteiger partial charge in [0.25, 0.3) is 0 Å². The first-order valence-corrected chi connectivity index (χ1v) is 11.5. The monoisotopic (exact) mass is 420 g/mol. The molecule has 0 N–H and O–H groups in total. The SMILES string of the molecule is c1ccc(COc2ccc(CSc3nnc(-c4cccs4)n3C3CC3)cc2)nc1. The van der Waals surface area contributed by atoms with Crippen molar-refractivity contribution in [1.82, 2.24) is 19.7 Å². The Hall–Kier alpha value is -2.64. The molecule has 0 amide bonds. The maximum atomic E-state index is 5.82. The van der Waals surface area contributed by atoms with Crippen LogP contribution in [0.25, 0.3) is 10.7 Å². The van der Waals surface area contributed by atoms with Gasteiger partial charge in [0.1, 0.15) is 12.4 Å². The first-order chi connectivity index (χ1) is 14.4. The first kappa shape index (κ1) is 18.4. The average Bonchev–Trinajstić information content (AvgIpc) is 3.29. The van der Waals surface area contributed by atoms with Gasteiger partial charge < -0.3 is 4.74 Å². The van der Waals surface area contributed by atoms with Gasteiger partial charge in [0.05, 0.1) is 10.6 Å². The summed E-state index contributed by atoms with van der Waals surface area (Å²) in [5.74, 6) is 2.71. The number of thiophene rings is 1. The van der Waals surface area contributed by atoms with Gasteiger partial charge in [0.15, 0.2) is 11.0 Å². The number of nitrogens with zero attached hydrogens (tertiary/aromatic N) is 4. The van der Waals surface area contributed by atoms with Crippen LogP contribution in [0.1, 0.15) is 30.1 Å². The molecular weight excluding hydrogens is 400 g/mol. The summed E-state index contributed by atoms with van der Waals surface area (Å²) in [6, 6.07) is 18.8. The molecule has 0 aliphatic heterocycles. The third kappa shape index (κ3) is 4.36. The molecule has 146 valence electrons. The fraction of sp³-hybridized carbons (Fsp3) is 0.227. The summed E-state index contributed by atoms with van der Waals surface area (Å²) < 4.78 is 8.14. The largest absolute Gasteiger partial charge is 0.487 e. The van der Waals surface area contributed by atoms with Crippen LogP contribution in [0.4, 0.5) is 0 Å². The maximum absolute atomic E-state index is 5.82. The van der Waals surface area contributed by atoms with E-state index in [4.69, 9.17) is 4.74 Å². The Labute approximate surface area is 177 Å². The quantitative estimate of drug-likeness (QED) is 0.347. The highest BCUT2D eigenvalue weighted by atomic mass is 32.2. The zero-order valence-corrected chi connectivity index (χ0v) is 17.4. The topological polar surface area (TPSA) is 52.8 Å². The normalized spacial score (nSPS) is 13.5. The van der Waals surface area contributed by atoms with E-state index < -0.39 is 0 Å². The summed E-state index contributed by atoms with van der Waals surface area (Å²) in [4.78, 5) is 5.47. The predicted octanol–water partition coefficient (Wildman–Crippen LogP) is 5.61. The Morgan fingerprint density at radius 1 is 1.03 bits per heavy atom. The molecule has 0 saturated heterocycles. The number of hydrogen-bond acceptors (Lipinski definition) is 6. The lowest BCUT2D eigenvalue weighted by Gasteiger charge is -2.09. The molecule has 1 fully saturated rings. The van der Waals surface area contributed by atoms with Crippen molar-refractivity contribution in [3.8, 4) is 16.5 Å². The van der Waals surface area contributed by atoms with Crippen molar-refractivity contribution in [3.63, 3.8) is 0 Å². The predicted molar refractivity (Wildman–Crippen MR) is 116 cm³/mol. The smallest absolute Gasteiger partial charge is 0.192 e. The van der Waals surface area contributed by atoms with Crippen LogP contribution in [-0.2, 0) is 12.4 Å². The van der Waals surface area contributed by atoms with E-state index in [2.05, 4.69) is 49.4 Å². The fourth-order valence-corrected chi connectivity index (χ4v) is 4.75. The molecule has 7 heteroatoms. The highest BCUT2D eigenvalue weighted by Gasteiger charge is 2.30.